The summed E-state index contributed by atoms with van der Waals surface area (Å²) >= 11 is 0. The fourth-order valence-corrected chi connectivity index (χ4v) is 0.632. The predicted molar refractivity (Wildman–Crippen MR) is 50.2 cm³/mol. The summed E-state index contributed by atoms with van der Waals surface area (Å²) in [4.78, 5) is 15.7. The molecule has 0 aliphatic heterocycles. The molecule has 14 heavy (non-hydrogen) atoms. The average molecular weight is 200 g/mol. The van der Waals surface area contributed by atoms with Gasteiger partial charge in [-0.25, -0.2) is 4.79 Å². The Hall–Kier alpha value is -1.28. The lowest BCUT2D eigenvalue weighted by Gasteiger charge is -2.19. The molecule has 1 N–H and O–H groups in total. The van der Waals surface area contributed by atoms with Crippen LogP contribution in [0.3, 0.4) is 0 Å². The lowest BCUT2D eigenvalue weighted by molar-refractivity contribution is -0.00800. The zero-order valence-corrected chi connectivity index (χ0v) is 8.79. The molecule has 0 heterocycles. The van der Waals surface area contributed by atoms with Crippen LogP contribution < -0.4 is 5.48 Å². The van der Waals surface area contributed by atoms with E-state index >= 15 is 0 Å². The number of carbonyl (C=O) groups excluding carboxylic acids is 1. The van der Waals surface area contributed by atoms with Gasteiger partial charge in [0, 0.05) is 6.42 Å². The first-order valence-corrected chi connectivity index (χ1v) is 4.43. The SMILES string of the molecule is CC(C)(C)OC(=O)NOCCCC#N. The van der Waals surface area contributed by atoms with Crippen LogP contribution in [0.5, 0.6) is 0 Å². The van der Waals surface area contributed by atoms with Gasteiger partial charge >= 0.3 is 6.09 Å². The molecule has 0 aromatic carbocycles. The Morgan fingerprint density at radius 1 is 1.50 bits per heavy atom. The number of nitrogens with zero attached hydrogens (tertiary/aromatic N) is 1. The van der Waals surface area contributed by atoms with Crippen molar-refractivity contribution >= 4 is 6.09 Å². The Morgan fingerprint density at radius 2 is 2.14 bits per heavy atom. The van der Waals surface area contributed by atoms with Crippen molar-refractivity contribution in [3.63, 3.8) is 0 Å². The zero-order valence-electron chi connectivity index (χ0n) is 8.79. The molecule has 0 fully saturated rings. The minimum Gasteiger partial charge on any atom is -0.442 e. The van der Waals surface area contributed by atoms with Crippen LogP contribution in [0.25, 0.3) is 0 Å². The fraction of sp³-hybridized carbons (Fsp3) is 0.778. The lowest BCUT2D eigenvalue weighted by atomic mass is 10.2. The van der Waals surface area contributed by atoms with E-state index in [0.29, 0.717) is 19.4 Å². The van der Waals surface area contributed by atoms with Gasteiger partial charge in [0.2, 0.25) is 0 Å². The van der Waals surface area contributed by atoms with Crippen molar-refractivity contribution in [2.75, 3.05) is 6.61 Å². The van der Waals surface area contributed by atoms with Crippen LogP contribution in [0.1, 0.15) is 33.6 Å². The molecule has 0 aliphatic carbocycles. The van der Waals surface area contributed by atoms with Gasteiger partial charge in [-0.05, 0) is 27.2 Å². The molecule has 1 amide bonds. The topological polar surface area (TPSA) is 71.3 Å². The highest BCUT2D eigenvalue weighted by atomic mass is 16.7. The van der Waals surface area contributed by atoms with Gasteiger partial charge in [-0.3, -0.25) is 4.84 Å². The van der Waals surface area contributed by atoms with Crippen LogP contribution in [-0.4, -0.2) is 18.3 Å². The van der Waals surface area contributed by atoms with Crippen molar-refractivity contribution in [2.24, 2.45) is 0 Å². The standard InChI is InChI=1S/C9H16N2O3/c1-9(2,3)14-8(12)11-13-7-5-4-6-10/h4-5,7H2,1-3H3,(H,11,12). The van der Waals surface area contributed by atoms with E-state index in [1.807, 2.05) is 6.07 Å². The number of nitriles is 1. The van der Waals surface area contributed by atoms with Gasteiger partial charge in [0.15, 0.2) is 0 Å². The van der Waals surface area contributed by atoms with Gasteiger partial charge in [0.1, 0.15) is 5.60 Å². The number of nitrogens with one attached hydrogen (secondary N) is 1. The summed E-state index contributed by atoms with van der Waals surface area (Å²) in [7, 11) is 0. The molecular formula is C9H16N2O3. The summed E-state index contributed by atoms with van der Waals surface area (Å²) < 4.78 is 4.90. The van der Waals surface area contributed by atoms with Crippen molar-refractivity contribution in [3.05, 3.63) is 0 Å². The molecule has 0 aromatic heterocycles. The third-order valence-electron chi connectivity index (χ3n) is 1.09. The summed E-state index contributed by atoms with van der Waals surface area (Å²) in [5.74, 6) is 0. The lowest BCUT2D eigenvalue weighted by Crippen LogP contribution is -2.32. The zero-order chi connectivity index (χ0) is 11.0. The maximum absolute atomic E-state index is 11.0. The Bertz CT molecular complexity index is 215. The van der Waals surface area contributed by atoms with E-state index < -0.39 is 11.7 Å². The molecule has 0 saturated heterocycles. The van der Waals surface area contributed by atoms with Crippen molar-refractivity contribution in [3.8, 4) is 6.07 Å². The van der Waals surface area contributed by atoms with Crippen LogP contribution in [0, 0.1) is 11.3 Å². The number of rotatable bonds is 4. The predicted octanol–water partition coefficient (Wildman–Crippen LogP) is 1.75. The molecule has 0 rings (SSSR count). The van der Waals surface area contributed by atoms with Gasteiger partial charge in [-0.1, -0.05) is 0 Å². The molecule has 0 unspecified atom stereocenters. The summed E-state index contributed by atoms with van der Waals surface area (Å²) in [5, 5.41) is 8.21. The summed E-state index contributed by atoms with van der Waals surface area (Å²) in [6.45, 7) is 5.61. The van der Waals surface area contributed by atoms with E-state index in [-0.39, 0.29) is 0 Å². The first-order valence-electron chi connectivity index (χ1n) is 4.43. The van der Waals surface area contributed by atoms with Crippen molar-refractivity contribution in [2.45, 2.75) is 39.2 Å². The monoisotopic (exact) mass is 200 g/mol. The molecule has 0 radical (unpaired) electrons. The number of amides is 1. The molecule has 0 bridgehead atoms. The fourth-order valence-electron chi connectivity index (χ4n) is 0.632. The average Bonchev–Trinajstić information content (AvgIpc) is 2.00. The number of ether oxygens (including phenoxy) is 1. The van der Waals surface area contributed by atoms with Crippen LogP contribution in [-0.2, 0) is 9.57 Å². The van der Waals surface area contributed by atoms with Crippen molar-refractivity contribution < 1.29 is 14.4 Å². The maximum atomic E-state index is 11.0. The molecule has 0 spiro atoms. The first kappa shape index (κ1) is 12.7. The number of hydrogen-bond acceptors (Lipinski definition) is 4. The van der Waals surface area contributed by atoms with E-state index in [2.05, 4.69) is 5.48 Å². The van der Waals surface area contributed by atoms with Gasteiger partial charge in [0.25, 0.3) is 0 Å². The van der Waals surface area contributed by atoms with Gasteiger partial charge in [-0.2, -0.15) is 10.7 Å². The number of unbranched alkanes of at least 4 members (excludes halogenated alkanes) is 1. The Labute approximate surface area is 83.9 Å². The van der Waals surface area contributed by atoms with Gasteiger partial charge < -0.3 is 4.74 Å². The molecule has 5 nitrogen and oxygen atoms in total. The van der Waals surface area contributed by atoms with Crippen molar-refractivity contribution in [1.82, 2.24) is 5.48 Å². The second kappa shape index (κ2) is 6.22. The highest BCUT2D eigenvalue weighted by Gasteiger charge is 2.15. The number of hydrogen-bond donors (Lipinski definition) is 1. The summed E-state index contributed by atoms with van der Waals surface area (Å²) in [6, 6.07) is 1.97. The minimum atomic E-state index is -0.616. The van der Waals surface area contributed by atoms with Gasteiger partial charge in [-0.15, -0.1) is 0 Å². The molecule has 0 atom stereocenters. The molecular weight excluding hydrogens is 184 g/mol. The summed E-state index contributed by atoms with van der Waals surface area (Å²) in [6.07, 6.45) is 0.386. The van der Waals surface area contributed by atoms with E-state index in [9.17, 15) is 4.79 Å². The number of hydroxylamine groups is 1. The third kappa shape index (κ3) is 8.81. The van der Waals surface area contributed by atoms with E-state index in [0.717, 1.165) is 0 Å². The molecule has 0 saturated carbocycles. The van der Waals surface area contributed by atoms with Crippen molar-refractivity contribution in [1.29, 1.82) is 5.26 Å². The van der Waals surface area contributed by atoms with E-state index in [1.54, 1.807) is 20.8 Å². The van der Waals surface area contributed by atoms with Crippen LogP contribution in [0.2, 0.25) is 0 Å². The number of carbonyl (C=O) groups is 1. The third-order valence-corrected chi connectivity index (χ3v) is 1.09. The molecule has 0 aliphatic rings. The highest BCUT2D eigenvalue weighted by Crippen LogP contribution is 2.06. The molecule has 5 heteroatoms. The van der Waals surface area contributed by atoms with Crippen LogP contribution >= 0.6 is 0 Å². The molecule has 80 valence electrons. The second-order valence-electron chi connectivity index (χ2n) is 3.71. The Morgan fingerprint density at radius 3 is 2.64 bits per heavy atom. The van der Waals surface area contributed by atoms with Gasteiger partial charge in [0.05, 0.1) is 12.7 Å². The van der Waals surface area contributed by atoms with Crippen LogP contribution in [0.15, 0.2) is 0 Å². The molecule has 0 aromatic rings. The smallest absolute Gasteiger partial charge is 0.431 e. The highest BCUT2D eigenvalue weighted by molar-refractivity contribution is 5.66. The quantitative estimate of drug-likeness (QED) is 0.554. The normalized spacial score (nSPS) is 10.4. The summed E-state index contributed by atoms with van der Waals surface area (Å²) in [5.41, 5.74) is 1.60. The minimum absolute atomic E-state index is 0.312. The maximum Gasteiger partial charge on any atom is 0.431 e. The second-order valence-corrected chi connectivity index (χ2v) is 3.71. The van der Waals surface area contributed by atoms with Crippen LogP contribution in [0.4, 0.5) is 4.79 Å². The largest absolute Gasteiger partial charge is 0.442 e. The Kier molecular flexibility index (Phi) is 5.65. The van der Waals surface area contributed by atoms with E-state index in [4.69, 9.17) is 14.8 Å². The Balaban J connectivity index is 3.42. The first-order chi connectivity index (χ1) is 6.45. The van der Waals surface area contributed by atoms with E-state index in [1.165, 1.54) is 0 Å².